The van der Waals surface area contributed by atoms with E-state index in [0.717, 1.165) is 16.3 Å². The number of carbonyl (C=O) groups excluding carboxylic acids is 1. The summed E-state index contributed by atoms with van der Waals surface area (Å²) in [6.07, 6.45) is 0.253. The van der Waals surface area contributed by atoms with Crippen molar-refractivity contribution >= 4 is 38.6 Å². The molecule has 0 aliphatic carbocycles. The van der Waals surface area contributed by atoms with Gasteiger partial charge in [-0.2, -0.15) is 0 Å². The van der Waals surface area contributed by atoms with Gasteiger partial charge in [-0.3, -0.25) is 4.79 Å². The molecule has 1 aromatic carbocycles. The van der Waals surface area contributed by atoms with E-state index in [1.54, 1.807) is 0 Å². The number of aromatic nitrogens is 1. The molecule has 0 bridgehead atoms. The van der Waals surface area contributed by atoms with E-state index in [1.165, 1.54) is 11.3 Å². The van der Waals surface area contributed by atoms with Crippen molar-refractivity contribution in [1.82, 2.24) is 15.6 Å². The Balaban J connectivity index is 1.76. The van der Waals surface area contributed by atoms with Gasteiger partial charge in [-0.1, -0.05) is 23.5 Å². The maximum atomic E-state index is 11.5. The van der Waals surface area contributed by atoms with Crippen LogP contribution in [0, 0.1) is 0 Å². The number of carboxylic acids is 1. The predicted octanol–water partition coefficient (Wildman–Crippen LogP) is 0.680. The maximum Gasteiger partial charge on any atom is 0.330 e. The van der Waals surface area contributed by atoms with Crippen LogP contribution in [-0.2, 0) is 9.59 Å². The molecule has 102 valence electrons. The van der Waals surface area contributed by atoms with Crippen molar-refractivity contribution in [2.24, 2.45) is 0 Å². The Hall–Kier alpha value is -2.61. The highest BCUT2D eigenvalue weighted by atomic mass is 32.1. The second kappa shape index (κ2) is 4.82. The highest BCUT2D eigenvalue weighted by Gasteiger charge is 2.26. The normalized spacial score (nSPS) is 19.9. The Labute approximate surface area is 117 Å². The van der Waals surface area contributed by atoms with Crippen LogP contribution in [0.1, 0.15) is 0 Å². The molecular formula is C12H10N4O3S. The lowest BCUT2D eigenvalue weighted by molar-refractivity contribution is -0.131. The third-order valence-electron chi connectivity index (χ3n) is 2.65. The van der Waals surface area contributed by atoms with Crippen molar-refractivity contribution in [2.75, 3.05) is 5.32 Å². The number of amides is 1. The molecule has 0 radical (unpaired) electrons. The minimum atomic E-state index is -1.18. The van der Waals surface area contributed by atoms with Gasteiger partial charge >= 0.3 is 5.97 Å². The summed E-state index contributed by atoms with van der Waals surface area (Å²) in [5, 5.41) is 17.6. The van der Waals surface area contributed by atoms with Gasteiger partial charge in [0.15, 0.2) is 11.4 Å². The molecule has 1 fully saturated rings. The third kappa shape index (κ3) is 2.41. The summed E-state index contributed by atoms with van der Waals surface area (Å²) in [6.45, 7) is 0. The molecule has 7 nitrogen and oxygen atoms in total. The van der Waals surface area contributed by atoms with Crippen molar-refractivity contribution in [2.45, 2.75) is 6.29 Å². The number of rotatable bonds is 3. The van der Waals surface area contributed by atoms with Gasteiger partial charge in [0.1, 0.15) is 5.70 Å². The molecule has 0 spiro atoms. The average Bonchev–Trinajstić information content (AvgIpc) is 2.92. The minimum Gasteiger partial charge on any atom is -0.478 e. The second-order valence-corrected chi connectivity index (χ2v) is 5.11. The first kappa shape index (κ1) is 12.4. The molecule has 8 heteroatoms. The summed E-state index contributed by atoms with van der Waals surface area (Å²) in [7, 11) is 0. The molecule has 1 aliphatic heterocycles. The van der Waals surface area contributed by atoms with Crippen LogP contribution in [0.15, 0.2) is 36.0 Å². The average molecular weight is 290 g/mol. The highest BCUT2D eigenvalue weighted by molar-refractivity contribution is 7.22. The zero-order valence-electron chi connectivity index (χ0n) is 10.1. The van der Waals surface area contributed by atoms with Crippen LogP contribution in [0.5, 0.6) is 0 Å². The maximum absolute atomic E-state index is 11.5. The van der Waals surface area contributed by atoms with Gasteiger partial charge in [0.25, 0.3) is 5.91 Å². The monoisotopic (exact) mass is 290 g/mol. The van der Waals surface area contributed by atoms with Gasteiger partial charge in [-0.25, -0.2) is 9.78 Å². The smallest absolute Gasteiger partial charge is 0.330 e. The number of fused-ring (bicyclic) bond motifs is 1. The lowest BCUT2D eigenvalue weighted by Crippen LogP contribution is -2.39. The molecule has 4 N–H and O–H groups in total. The van der Waals surface area contributed by atoms with E-state index in [1.807, 2.05) is 24.3 Å². The number of para-hydroxylation sites is 1. The van der Waals surface area contributed by atoms with Gasteiger partial charge in [-0.15, -0.1) is 0 Å². The lowest BCUT2D eigenvalue weighted by atomic mass is 10.3. The van der Waals surface area contributed by atoms with Crippen molar-refractivity contribution in [3.8, 4) is 0 Å². The summed E-state index contributed by atoms with van der Waals surface area (Å²) in [4.78, 5) is 26.4. The fourth-order valence-corrected chi connectivity index (χ4v) is 2.72. The number of nitrogens with zero attached hydrogens (tertiary/aromatic N) is 1. The number of aliphatic carboxylic acids is 1. The highest BCUT2D eigenvalue weighted by Crippen LogP contribution is 2.25. The number of carboxylic acid groups (broad SMARTS) is 1. The van der Waals surface area contributed by atoms with E-state index >= 15 is 0 Å². The first-order chi connectivity index (χ1) is 9.61. The summed E-state index contributed by atoms with van der Waals surface area (Å²) in [5.41, 5.74) is 0.877. The molecule has 1 amide bonds. The summed E-state index contributed by atoms with van der Waals surface area (Å²) in [5.74, 6) is -1.64. The van der Waals surface area contributed by atoms with Crippen LogP contribution in [0.25, 0.3) is 10.2 Å². The second-order valence-electron chi connectivity index (χ2n) is 4.08. The number of benzene rings is 1. The van der Waals surface area contributed by atoms with E-state index in [-0.39, 0.29) is 5.70 Å². The van der Waals surface area contributed by atoms with Crippen LogP contribution in [0.2, 0.25) is 0 Å². The molecule has 1 aromatic heterocycles. The Kier molecular flexibility index (Phi) is 2.99. The zero-order chi connectivity index (χ0) is 14.1. The Morgan fingerprint density at radius 3 is 2.95 bits per heavy atom. The number of nitrogens with one attached hydrogen (secondary N) is 3. The van der Waals surface area contributed by atoms with Crippen molar-refractivity contribution in [1.29, 1.82) is 0 Å². The van der Waals surface area contributed by atoms with E-state index in [9.17, 15) is 9.59 Å². The number of thiazole rings is 1. The van der Waals surface area contributed by atoms with Gasteiger partial charge < -0.3 is 21.1 Å². The quantitative estimate of drug-likeness (QED) is 0.620. The van der Waals surface area contributed by atoms with Gasteiger partial charge in [0, 0.05) is 0 Å². The summed E-state index contributed by atoms with van der Waals surface area (Å²) >= 11 is 1.45. The van der Waals surface area contributed by atoms with Crippen molar-refractivity contribution in [3.05, 3.63) is 36.0 Å². The van der Waals surface area contributed by atoms with Crippen molar-refractivity contribution in [3.63, 3.8) is 0 Å². The standard InChI is InChI=1S/C12H10N4O3S/c17-9(18)5-7-10(19)15-11(13-7)16-12-14-6-3-1-2-4-8(6)20-12/h1-5,11,13H,(H,14,16)(H,15,19)(H,17,18). The van der Waals surface area contributed by atoms with E-state index in [0.29, 0.717) is 5.13 Å². The zero-order valence-corrected chi connectivity index (χ0v) is 10.9. The molecular weight excluding hydrogens is 280 g/mol. The molecule has 1 aliphatic rings. The molecule has 20 heavy (non-hydrogen) atoms. The summed E-state index contributed by atoms with van der Waals surface area (Å²) < 4.78 is 1.03. The molecule has 1 atom stereocenters. The molecule has 2 aromatic rings. The number of carbonyl (C=O) groups is 2. The number of anilines is 1. The molecule has 1 saturated heterocycles. The first-order valence-electron chi connectivity index (χ1n) is 5.76. The Bertz CT molecular complexity index is 691. The van der Waals surface area contributed by atoms with Crippen LogP contribution in [-0.4, -0.2) is 28.3 Å². The molecule has 1 unspecified atom stereocenters. The molecule has 3 rings (SSSR count). The van der Waals surface area contributed by atoms with Gasteiger partial charge in [0.05, 0.1) is 16.3 Å². The topological polar surface area (TPSA) is 103 Å². The van der Waals surface area contributed by atoms with Crippen LogP contribution < -0.4 is 16.0 Å². The first-order valence-corrected chi connectivity index (χ1v) is 6.57. The van der Waals surface area contributed by atoms with Gasteiger partial charge in [-0.05, 0) is 12.1 Å². The van der Waals surface area contributed by atoms with E-state index in [2.05, 4.69) is 20.9 Å². The Morgan fingerprint density at radius 1 is 1.40 bits per heavy atom. The summed E-state index contributed by atoms with van der Waals surface area (Å²) in [6, 6.07) is 7.67. The largest absolute Gasteiger partial charge is 0.478 e. The van der Waals surface area contributed by atoms with Crippen molar-refractivity contribution < 1.29 is 14.7 Å². The SMILES string of the molecule is O=C(O)C=C1NC(Nc2nc3ccccc3s2)NC1=O. The number of hydrogen-bond acceptors (Lipinski definition) is 6. The number of hydrogen-bond donors (Lipinski definition) is 4. The fourth-order valence-electron chi connectivity index (χ4n) is 1.83. The molecule has 0 saturated carbocycles. The minimum absolute atomic E-state index is 0.0103. The van der Waals surface area contributed by atoms with E-state index < -0.39 is 18.2 Å². The van der Waals surface area contributed by atoms with E-state index in [4.69, 9.17) is 5.11 Å². The lowest BCUT2D eigenvalue weighted by Gasteiger charge is -2.11. The van der Waals surface area contributed by atoms with Crippen LogP contribution in [0.4, 0.5) is 5.13 Å². The predicted molar refractivity (Wildman–Crippen MR) is 74.0 cm³/mol. The Morgan fingerprint density at radius 2 is 2.20 bits per heavy atom. The third-order valence-corrected chi connectivity index (χ3v) is 3.62. The van der Waals surface area contributed by atoms with Gasteiger partial charge in [0.2, 0.25) is 0 Å². The van der Waals surface area contributed by atoms with Crippen LogP contribution >= 0.6 is 11.3 Å². The molecule has 2 heterocycles. The fraction of sp³-hybridized carbons (Fsp3) is 0.0833. The van der Waals surface area contributed by atoms with Crippen LogP contribution in [0.3, 0.4) is 0 Å².